The van der Waals surface area contributed by atoms with Crippen LogP contribution < -0.4 is 14.2 Å². The van der Waals surface area contributed by atoms with Crippen molar-refractivity contribution >= 4 is 5.97 Å². The second-order valence-corrected chi connectivity index (χ2v) is 3.70. The maximum Gasteiger partial charge on any atom is 0.359 e. The van der Waals surface area contributed by atoms with Gasteiger partial charge in [-0.3, -0.25) is 0 Å². The van der Waals surface area contributed by atoms with Crippen molar-refractivity contribution in [2.45, 2.75) is 0 Å². The Hall–Kier alpha value is -2.77. The van der Waals surface area contributed by atoms with Gasteiger partial charge in [0, 0.05) is 6.07 Å². The van der Waals surface area contributed by atoms with Gasteiger partial charge in [-0.05, 0) is 12.1 Å². The number of aromatic nitrogens is 3. The SMILES string of the molecule is O=C(O)c1[nH]nnc1Oc1ccc2c(c1)OCCO2. The van der Waals surface area contributed by atoms with Gasteiger partial charge in [0.1, 0.15) is 19.0 Å². The van der Waals surface area contributed by atoms with E-state index in [9.17, 15) is 4.79 Å². The van der Waals surface area contributed by atoms with Crippen molar-refractivity contribution in [3.63, 3.8) is 0 Å². The molecule has 8 nitrogen and oxygen atoms in total. The molecule has 1 aromatic heterocycles. The van der Waals surface area contributed by atoms with E-state index in [1.807, 2.05) is 0 Å². The van der Waals surface area contributed by atoms with E-state index < -0.39 is 5.97 Å². The van der Waals surface area contributed by atoms with Gasteiger partial charge in [-0.1, -0.05) is 10.3 Å². The first-order valence-corrected chi connectivity index (χ1v) is 5.46. The maximum absolute atomic E-state index is 10.9. The van der Waals surface area contributed by atoms with Crippen molar-refractivity contribution in [2.75, 3.05) is 13.2 Å². The van der Waals surface area contributed by atoms with Crippen LogP contribution in [0, 0.1) is 0 Å². The molecule has 19 heavy (non-hydrogen) atoms. The summed E-state index contributed by atoms with van der Waals surface area (Å²) in [6, 6.07) is 4.92. The third-order valence-electron chi connectivity index (χ3n) is 2.46. The van der Waals surface area contributed by atoms with Crippen molar-refractivity contribution in [1.29, 1.82) is 0 Å². The predicted octanol–water partition coefficient (Wildman–Crippen LogP) is 1.07. The van der Waals surface area contributed by atoms with Crippen LogP contribution in [0.1, 0.15) is 10.5 Å². The highest BCUT2D eigenvalue weighted by atomic mass is 16.6. The minimum atomic E-state index is -1.20. The minimum Gasteiger partial charge on any atom is -0.486 e. The van der Waals surface area contributed by atoms with Crippen LogP contribution in [0.5, 0.6) is 23.1 Å². The summed E-state index contributed by atoms with van der Waals surface area (Å²) in [6.45, 7) is 0.959. The number of aromatic amines is 1. The molecule has 8 heteroatoms. The van der Waals surface area contributed by atoms with Crippen LogP contribution in [0.2, 0.25) is 0 Å². The van der Waals surface area contributed by atoms with Crippen molar-refractivity contribution in [3.8, 4) is 23.1 Å². The molecule has 0 unspecified atom stereocenters. The Morgan fingerprint density at radius 3 is 2.89 bits per heavy atom. The molecule has 1 aliphatic rings. The zero-order valence-corrected chi connectivity index (χ0v) is 9.62. The molecular weight excluding hydrogens is 254 g/mol. The molecule has 0 saturated heterocycles. The van der Waals surface area contributed by atoms with Gasteiger partial charge < -0.3 is 19.3 Å². The summed E-state index contributed by atoms with van der Waals surface area (Å²) in [4.78, 5) is 10.9. The third kappa shape index (κ3) is 2.15. The molecule has 1 aromatic carbocycles. The van der Waals surface area contributed by atoms with Gasteiger partial charge in [0.2, 0.25) is 5.69 Å². The van der Waals surface area contributed by atoms with Crippen LogP contribution in [0.4, 0.5) is 0 Å². The first-order valence-electron chi connectivity index (χ1n) is 5.46. The average molecular weight is 263 g/mol. The number of carboxylic acids is 1. The van der Waals surface area contributed by atoms with Crippen molar-refractivity contribution in [1.82, 2.24) is 15.4 Å². The summed E-state index contributed by atoms with van der Waals surface area (Å²) in [5.74, 6) is 0.253. The van der Waals surface area contributed by atoms with Gasteiger partial charge in [0.05, 0.1) is 0 Å². The van der Waals surface area contributed by atoms with E-state index in [0.29, 0.717) is 30.5 Å². The van der Waals surface area contributed by atoms with Gasteiger partial charge in [0.25, 0.3) is 5.88 Å². The molecule has 2 aromatic rings. The fourth-order valence-electron chi connectivity index (χ4n) is 1.63. The van der Waals surface area contributed by atoms with Gasteiger partial charge in [-0.15, -0.1) is 0 Å². The number of carbonyl (C=O) groups is 1. The Morgan fingerprint density at radius 2 is 2.11 bits per heavy atom. The first-order chi connectivity index (χ1) is 9.24. The lowest BCUT2D eigenvalue weighted by Gasteiger charge is -2.18. The highest BCUT2D eigenvalue weighted by Gasteiger charge is 2.18. The van der Waals surface area contributed by atoms with Crippen LogP contribution >= 0.6 is 0 Å². The molecule has 3 rings (SSSR count). The number of hydrogen-bond donors (Lipinski definition) is 2. The van der Waals surface area contributed by atoms with Crippen molar-refractivity contribution in [3.05, 3.63) is 23.9 Å². The number of carboxylic acid groups (broad SMARTS) is 1. The Morgan fingerprint density at radius 1 is 1.32 bits per heavy atom. The van der Waals surface area contributed by atoms with E-state index in [0.717, 1.165) is 0 Å². The van der Waals surface area contributed by atoms with Gasteiger partial charge in [-0.25, -0.2) is 9.89 Å². The Labute approximate surface area is 106 Å². The molecule has 0 bridgehead atoms. The van der Waals surface area contributed by atoms with E-state index >= 15 is 0 Å². The molecule has 0 amide bonds. The standard InChI is InChI=1S/C11H9N3O5/c15-11(16)9-10(13-14-12-9)19-6-1-2-7-8(5-6)18-4-3-17-7/h1-2,5H,3-4H2,(H,15,16)(H,12,13,14). The van der Waals surface area contributed by atoms with Crippen LogP contribution in [0.3, 0.4) is 0 Å². The van der Waals surface area contributed by atoms with Gasteiger partial charge in [0.15, 0.2) is 11.5 Å². The molecule has 98 valence electrons. The van der Waals surface area contributed by atoms with E-state index in [4.69, 9.17) is 19.3 Å². The zero-order valence-electron chi connectivity index (χ0n) is 9.62. The lowest BCUT2D eigenvalue weighted by atomic mass is 10.3. The largest absolute Gasteiger partial charge is 0.486 e. The highest BCUT2D eigenvalue weighted by molar-refractivity contribution is 5.87. The first kappa shape index (κ1) is 11.3. The molecule has 2 N–H and O–H groups in total. The molecule has 0 radical (unpaired) electrons. The van der Waals surface area contributed by atoms with E-state index in [-0.39, 0.29) is 11.6 Å². The van der Waals surface area contributed by atoms with Crippen molar-refractivity contribution in [2.24, 2.45) is 0 Å². The fourth-order valence-corrected chi connectivity index (χ4v) is 1.63. The van der Waals surface area contributed by atoms with E-state index in [1.54, 1.807) is 18.2 Å². The van der Waals surface area contributed by atoms with E-state index in [2.05, 4.69) is 15.4 Å². The highest BCUT2D eigenvalue weighted by Crippen LogP contribution is 2.35. The van der Waals surface area contributed by atoms with Crippen LogP contribution in [0.25, 0.3) is 0 Å². The monoisotopic (exact) mass is 263 g/mol. The quantitative estimate of drug-likeness (QED) is 0.852. The lowest BCUT2D eigenvalue weighted by Crippen LogP contribution is -2.15. The Kier molecular flexibility index (Phi) is 2.67. The number of H-pyrrole nitrogens is 1. The third-order valence-corrected chi connectivity index (χ3v) is 2.46. The smallest absolute Gasteiger partial charge is 0.359 e. The van der Waals surface area contributed by atoms with Crippen LogP contribution in [-0.2, 0) is 0 Å². The predicted molar refractivity (Wildman–Crippen MR) is 60.8 cm³/mol. The Bertz CT molecular complexity index is 625. The molecular formula is C11H9N3O5. The Balaban J connectivity index is 1.87. The van der Waals surface area contributed by atoms with Crippen LogP contribution in [0.15, 0.2) is 18.2 Å². The topological polar surface area (TPSA) is 107 Å². The molecule has 0 atom stereocenters. The number of hydrogen-bond acceptors (Lipinski definition) is 6. The van der Waals surface area contributed by atoms with Gasteiger partial charge in [-0.2, -0.15) is 0 Å². The molecule has 0 spiro atoms. The number of aromatic carboxylic acids is 1. The second kappa shape index (κ2) is 4.48. The summed E-state index contributed by atoms with van der Waals surface area (Å²) in [6.07, 6.45) is 0. The number of ether oxygens (including phenoxy) is 3. The normalized spacial score (nSPS) is 13.1. The summed E-state index contributed by atoms with van der Waals surface area (Å²) >= 11 is 0. The molecule has 2 heterocycles. The van der Waals surface area contributed by atoms with Crippen molar-refractivity contribution < 1.29 is 24.1 Å². The summed E-state index contributed by atoms with van der Waals surface area (Å²) in [5.41, 5.74) is -0.213. The summed E-state index contributed by atoms with van der Waals surface area (Å²) in [7, 11) is 0. The number of fused-ring (bicyclic) bond motifs is 1. The number of rotatable bonds is 3. The second-order valence-electron chi connectivity index (χ2n) is 3.70. The summed E-state index contributed by atoms with van der Waals surface area (Å²) in [5, 5.41) is 18.1. The maximum atomic E-state index is 10.9. The number of benzene rings is 1. The minimum absolute atomic E-state index is 0.107. The summed E-state index contributed by atoms with van der Waals surface area (Å²) < 4.78 is 16.1. The van der Waals surface area contributed by atoms with Crippen LogP contribution in [-0.4, -0.2) is 39.7 Å². The molecule has 0 aliphatic carbocycles. The molecule has 1 aliphatic heterocycles. The molecule has 0 fully saturated rings. The number of nitrogens with one attached hydrogen (secondary N) is 1. The van der Waals surface area contributed by atoms with Gasteiger partial charge >= 0.3 is 5.97 Å². The fraction of sp³-hybridized carbons (Fsp3) is 0.182. The number of nitrogens with zero attached hydrogens (tertiary/aromatic N) is 2. The lowest BCUT2D eigenvalue weighted by molar-refractivity contribution is 0.0687. The van der Waals surface area contributed by atoms with E-state index in [1.165, 1.54) is 0 Å². The average Bonchev–Trinajstić information content (AvgIpc) is 2.87. The molecule has 0 saturated carbocycles. The zero-order chi connectivity index (χ0) is 13.2.